The zero-order chi connectivity index (χ0) is 16.9. The fraction of sp³-hybridized carbons (Fsp3) is 0.722. The predicted molar refractivity (Wildman–Crippen MR) is 91.7 cm³/mol. The Labute approximate surface area is 144 Å². The van der Waals surface area contributed by atoms with E-state index in [0.29, 0.717) is 11.8 Å². The quantitative estimate of drug-likeness (QED) is 0.793. The maximum Gasteiger partial charge on any atom is 0.494 e. The van der Waals surface area contributed by atoms with Gasteiger partial charge in [0.2, 0.25) is 0 Å². The minimum atomic E-state index is -0.348. The van der Waals surface area contributed by atoms with Crippen molar-refractivity contribution in [2.24, 2.45) is 0 Å². The van der Waals surface area contributed by atoms with Crippen molar-refractivity contribution in [3.05, 3.63) is 23.5 Å². The van der Waals surface area contributed by atoms with Gasteiger partial charge in [0.1, 0.15) is 0 Å². The fourth-order valence-corrected chi connectivity index (χ4v) is 3.30. The van der Waals surface area contributed by atoms with Crippen LogP contribution in [0.5, 0.6) is 0 Å². The van der Waals surface area contributed by atoms with Crippen LogP contribution in [0.2, 0.25) is 0 Å². The number of rotatable bonds is 3. The van der Waals surface area contributed by atoms with Gasteiger partial charge in [-0.3, -0.25) is 4.98 Å². The second-order valence-electron chi connectivity index (χ2n) is 8.13. The maximum absolute atomic E-state index is 6.24. The smallest absolute Gasteiger partial charge is 0.399 e. The summed E-state index contributed by atoms with van der Waals surface area (Å²) in [6.45, 7) is 11.4. The summed E-state index contributed by atoms with van der Waals surface area (Å²) in [5.41, 5.74) is 2.58. The van der Waals surface area contributed by atoms with Crippen molar-refractivity contribution >= 4 is 12.6 Å². The van der Waals surface area contributed by atoms with Crippen LogP contribution in [0, 0.1) is 0 Å². The zero-order valence-corrected chi connectivity index (χ0v) is 15.0. The molecular weight excluding hydrogens is 305 g/mol. The molecule has 0 bridgehead atoms. The first-order chi connectivity index (χ1) is 11.4. The highest BCUT2D eigenvalue weighted by Gasteiger charge is 2.52. The Hall–Kier alpha value is -0.945. The summed E-state index contributed by atoms with van der Waals surface area (Å²) in [5.74, 6) is 0.751. The SMILES string of the molecule is CC1(C)OB(c2cc(C3CCOC3)nc(C3COC3)c2)OC1(C)C. The monoisotopic (exact) mass is 331 g/mol. The van der Waals surface area contributed by atoms with Gasteiger partial charge in [0.25, 0.3) is 0 Å². The van der Waals surface area contributed by atoms with Crippen LogP contribution < -0.4 is 5.46 Å². The molecule has 0 radical (unpaired) electrons. The molecule has 0 saturated carbocycles. The third-order valence-electron chi connectivity index (χ3n) is 5.82. The van der Waals surface area contributed by atoms with Gasteiger partial charge in [-0.05, 0) is 51.7 Å². The minimum absolute atomic E-state index is 0.336. The molecule has 0 amide bonds. The largest absolute Gasteiger partial charge is 0.494 e. The molecule has 0 aromatic carbocycles. The van der Waals surface area contributed by atoms with Gasteiger partial charge in [0.15, 0.2) is 0 Å². The number of ether oxygens (including phenoxy) is 2. The number of pyridine rings is 1. The molecule has 3 aliphatic heterocycles. The first-order valence-electron chi connectivity index (χ1n) is 8.89. The Morgan fingerprint density at radius 3 is 2.00 bits per heavy atom. The average molecular weight is 331 g/mol. The fourth-order valence-electron chi connectivity index (χ4n) is 3.30. The van der Waals surface area contributed by atoms with E-state index in [9.17, 15) is 0 Å². The van der Waals surface area contributed by atoms with Crippen LogP contribution >= 0.6 is 0 Å². The van der Waals surface area contributed by atoms with Gasteiger partial charge in [0, 0.05) is 29.8 Å². The Morgan fingerprint density at radius 2 is 1.50 bits per heavy atom. The van der Waals surface area contributed by atoms with Gasteiger partial charge >= 0.3 is 7.12 Å². The van der Waals surface area contributed by atoms with E-state index in [0.717, 1.165) is 49.7 Å². The van der Waals surface area contributed by atoms with Crippen LogP contribution in [0.3, 0.4) is 0 Å². The van der Waals surface area contributed by atoms with Crippen LogP contribution in [0.4, 0.5) is 0 Å². The van der Waals surface area contributed by atoms with E-state index in [4.69, 9.17) is 23.8 Å². The van der Waals surface area contributed by atoms with Gasteiger partial charge in [-0.25, -0.2) is 0 Å². The Bertz CT molecular complexity index is 607. The summed E-state index contributed by atoms with van der Waals surface area (Å²) in [6.07, 6.45) is 1.03. The first kappa shape index (κ1) is 16.5. The van der Waals surface area contributed by atoms with Crippen molar-refractivity contribution in [3.63, 3.8) is 0 Å². The predicted octanol–water partition coefficient (Wildman–Crippen LogP) is 2.00. The minimum Gasteiger partial charge on any atom is -0.399 e. The van der Waals surface area contributed by atoms with Crippen molar-refractivity contribution in [2.45, 2.75) is 57.2 Å². The summed E-state index contributed by atoms with van der Waals surface area (Å²) < 4.78 is 23.4. The normalized spacial score (nSPS) is 29.0. The van der Waals surface area contributed by atoms with Gasteiger partial charge < -0.3 is 18.8 Å². The van der Waals surface area contributed by atoms with E-state index < -0.39 is 0 Å². The Kier molecular flexibility index (Phi) is 3.99. The van der Waals surface area contributed by atoms with Gasteiger partial charge in [-0.2, -0.15) is 0 Å². The van der Waals surface area contributed by atoms with Crippen LogP contribution in [0.1, 0.15) is 57.3 Å². The third-order valence-corrected chi connectivity index (χ3v) is 5.82. The highest BCUT2D eigenvalue weighted by atomic mass is 16.7. The molecule has 1 atom stereocenters. The number of hydrogen-bond acceptors (Lipinski definition) is 5. The second-order valence-corrected chi connectivity index (χ2v) is 8.13. The van der Waals surface area contributed by atoms with E-state index in [1.54, 1.807) is 0 Å². The molecule has 5 nitrogen and oxygen atoms in total. The number of hydrogen-bond donors (Lipinski definition) is 0. The second kappa shape index (κ2) is 5.80. The van der Waals surface area contributed by atoms with Crippen LogP contribution in [-0.2, 0) is 18.8 Å². The van der Waals surface area contributed by atoms with E-state index in [2.05, 4.69) is 39.8 Å². The summed E-state index contributed by atoms with van der Waals surface area (Å²) in [5, 5.41) is 0. The first-order valence-corrected chi connectivity index (χ1v) is 8.89. The van der Waals surface area contributed by atoms with Crippen molar-refractivity contribution in [1.29, 1.82) is 0 Å². The Balaban J connectivity index is 1.68. The lowest BCUT2D eigenvalue weighted by Crippen LogP contribution is -2.41. The van der Waals surface area contributed by atoms with Crippen LogP contribution in [0.15, 0.2) is 12.1 Å². The maximum atomic E-state index is 6.24. The van der Waals surface area contributed by atoms with Crippen molar-refractivity contribution in [1.82, 2.24) is 4.98 Å². The molecule has 1 unspecified atom stereocenters. The molecule has 0 N–H and O–H groups in total. The number of nitrogens with zero attached hydrogens (tertiary/aromatic N) is 1. The molecule has 3 fully saturated rings. The molecule has 0 aliphatic carbocycles. The molecular formula is C18H26BNO4. The molecule has 1 aromatic heterocycles. The molecule has 1 aromatic rings. The average Bonchev–Trinajstić information content (AvgIpc) is 3.04. The Morgan fingerprint density at radius 1 is 0.917 bits per heavy atom. The van der Waals surface area contributed by atoms with Crippen LogP contribution in [-0.4, -0.2) is 49.7 Å². The molecule has 130 valence electrons. The summed E-state index contributed by atoms with van der Waals surface area (Å²) in [6, 6.07) is 4.28. The highest BCUT2D eigenvalue weighted by Crippen LogP contribution is 2.37. The molecule has 4 rings (SSSR count). The molecule has 3 saturated heterocycles. The lowest BCUT2D eigenvalue weighted by atomic mass is 9.77. The third kappa shape index (κ3) is 2.79. The van der Waals surface area contributed by atoms with Crippen LogP contribution in [0.25, 0.3) is 0 Å². The summed E-state index contributed by atoms with van der Waals surface area (Å²) >= 11 is 0. The lowest BCUT2D eigenvalue weighted by molar-refractivity contribution is 0.00578. The van der Waals surface area contributed by atoms with E-state index >= 15 is 0 Å². The summed E-state index contributed by atoms with van der Waals surface area (Å²) in [7, 11) is -0.348. The standard InChI is InChI=1S/C18H26BNO4/c1-17(2)18(3,4)24-19(23-17)14-7-15(12-5-6-21-9-12)20-16(8-14)13-10-22-11-13/h7-8,12-13H,5-6,9-11H2,1-4H3. The van der Waals surface area contributed by atoms with E-state index in [1.165, 1.54) is 0 Å². The molecule has 4 heterocycles. The van der Waals surface area contributed by atoms with Gasteiger partial charge in [-0.1, -0.05) is 0 Å². The van der Waals surface area contributed by atoms with Crippen molar-refractivity contribution < 1.29 is 18.8 Å². The highest BCUT2D eigenvalue weighted by molar-refractivity contribution is 6.62. The van der Waals surface area contributed by atoms with Gasteiger partial charge in [0.05, 0.1) is 31.0 Å². The molecule has 0 spiro atoms. The lowest BCUT2D eigenvalue weighted by Gasteiger charge is -2.32. The van der Waals surface area contributed by atoms with E-state index in [-0.39, 0.29) is 18.3 Å². The van der Waals surface area contributed by atoms with E-state index in [1.807, 2.05) is 0 Å². The molecule has 3 aliphatic rings. The van der Waals surface area contributed by atoms with Crippen molar-refractivity contribution in [2.75, 3.05) is 26.4 Å². The topological polar surface area (TPSA) is 49.8 Å². The number of aromatic nitrogens is 1. The summed E-state index contributed by atoms with van der Waals surface area (Å²) in [4.78, 5) is 4.91. The van der Waals surface area contributed by atoms with Gasteiger partial charge in [-0.15, -0.1) is 0 Å². The molecule has 24 heavy (non-hydrogen) atoms. The zero-order valence-electron chi connectivity index (χ0n) is 15.0. The van der Waals surface area contributed by atoms with Crippen molar-refractivity contribution in [3.8, 4) is 0 Å². The molecule has 6 heteroatoms.